The lowest BCUT2D eigenvalue weighted by Crippen LogP contribution is -2.22. The van der Waals surface area contributed by atoms with E-state index >= 15 is 0 Å². The molecule has 1 aromatic heterocycles. The van der Waals surface area contributed by atoms with Gasteiger partial charge in [-0.2, -0.15) is 4.99 Å². The number of esters is 1. The Balaban J connectivity index is 1.96. The summed E-state index contributed by atoms with van der Waals surface area (Å²) in [4.78, 5) is 28.9. The Morgan fingerprint density at radius 2 is 1.93 bits per heavy atom. The van der Waals surface area contributed by atoms with Gasteiger partial charge >= 0.3 is 5.97 Å². The van der Waals surface area contributed by atoms with Crippen LogP contribution in [0.5, 0.6) is 0 Å². The molecule has 0 N–H and O–H groups in total. The molecule has 3 rings (SSSR count). The fourth-order valence-electron chi connectivity index (χ4n) is 2.50. The predicted octanol–water partition coefficient (Wildman–Crippen LogP) is 4.06. The van der Waals surface area contributed by atoms with E-state index in [0.717, 1.165) is 15.8 Å². The van der Waals surface area contributed by atoms with E-state index in [0.29, 0.717) is 16.4 Å². The van der Waals surface area contributed by atoms with Gasteiger partial charge in [-0.3, -0.25) is 9.59 Å². The molecule has 1 heterocycles. The zero-order valence-corrected chi connectivity index (χ0v) is 16.2. The Labute approximate surface area is 165 Å². The average molecular weight is 401 g/mol. The maximum absolute atomic E-state index is 12.3. The van der Waals surface area contributed by atoms with Crippen LogP contribution >= 0.6 is 22.9 Å². The molecule has 0 aliphatic heterocycles. The summed E-state index contributed by atoms with van der Waals surface area (Å²) in [5.41, 5.74) is 1.57. The number of thiazole rings is 1. The van der Waals surface area contributed by atoms with E-state index in [1.807, 2.05) is 42.5 Å². The van der Waals surface area contributed by atoms with Gasteiger partial charge in [-0.15, -0.1) is 0 Å². The van der Waals surface area contributed by atoms with Crippen molar-refractivity contribution in [1.82, 2.24) is 4.57 Å². The highest BCUT2D eigenvalue weighted by Gasteiger charge is 2.11. The summed E-state index contributed by atoms with van der Waals surface area (Å²) >= 11 is 7.43. The quantitative estimate of drug-likeness (QED) is 0.479. The molecule has 0 spiro atoms. The molecule has 2 aromatic carbocycles. The van der Waals surface area contributed by atoms with Crippen LogP contribution in [0.2, 0.25) is 5.02 Å². The molecule has 138 valence electrons. The largest absolute Gasteiger partial charge is 0.465 e. The van der Waals surface area contributed by atoms with Crippen LogP contribution in [-0.2, 0) is 20.9 Å². The van der Waals surface area contributed by atoms with Gasteiger partial charge in [0.25, 0.3) is 5.91 Å². The average Bonchev–Trinajstić information content (AvgIpc) is 2.98. The Morgan fingerprint density at radius 3 is 2.70 bits per heavy atom. The standard InChI is InChI=1S/C20H17ClN2O3S/c1-2-26-19(25)13-23-16-9-5-6-10-17(16)27-20(23)22-18(24)12-11-14-7-3-4-8-15(14)21/h3-12H,2,13H2,1H3/b12-11+,22-20?. The third-order valence-corrected chi connectivity index (χ3v) is 5.10. The molecule has 0 radical (unpaired) electrons. The van der Waals surface area contributed by atoms with E-state index < -0.39 is 5.91 Å². The highest BCUT2D eigenvalue weighted by atomic mass is 35.5. The Bertz CT molecular complexity index is 1080. The molecule has 0 saturated carbocycles. The number of nitrogens with zero attached hydrogens (tertiary/aromatic N) is 2. The van der Waals surface area contributed by atoms with Gasteiger partial charge < -0.3 is 9.30 Å². The minimum atomic E-state index is -0.431. The smallest absolute Gasteiger partial charge is 0.326 e. The number of carbonyl (C=O) groups excluding carboxylic acids is 2. The van der Waals surface area contributed by atoms with Gasteiger partial charge in [-0.1, -0.05) is 53.3 Å². The van der Waals surface area contributed by atoms with E-state index in [1.165, 1.54) is 17.4 Å². The third-order valence-electron chi connectivity index (χ3n) is 3.70. The van der Waals surface area contributed by atoms with Crippen LogP contribution in [0, 0.1) is 0 Å². The third kappa shape index (κ3) is 4.72. The number of ether oxygens (including phenoxy) is 1. The maximum atomic E-state index is 12.3. The number of aromatic nitrogens is 1. The van der Waals surface area contributed by atoms with Crippen molar-refractivity contribution in [3.8, 4) is 0 Å². The van der Waals surface area contributed by atoms with Gasteiger partial charge in [0.05, 0.1) is 16.8 Å². The number of hydrogen-bond acceptors (Lipinski definition) is 4. The SMILES string of the molecule is CCOC(=O)Cn1c(=NC(=O)/C=C/c2ccccc2Cl)sc2ccccc21. The van der Waals surface area contributed by atoms with Crippen LogP contribution in [0.25, 0.3) is 16.3 Å². The Hall–Kier alpha value is -2.70. The molecule has 7 heteroatoms. The lowest BCUT2D eigenvalue weighted by molar-refractivity contribution is -0.143. The van der Waals surface area contributed by atoms with Crippen molar-refractivity contribution in [3.05, 3.63) is 70.0 Å². The lowest BCUT2D eigenvalue weighted by Gasteiger charge is -2.04. The maximum Gasteiger partial charge on any atom is 0.326 e. The highest BCUT2D eigenvalue weighted by Crippen LogP contribution is 2.18. The molecule has 0 unspecified atom stereocenters. The minimum absolute atomic E-state index is 0.00179. The number of benzene rings is 2. The molecule has 0 atom stereocenters. The molecular weight excluding hydrogens is 384 g/mol. The first kappa shape index (κ1) is 19.1. The van der Waals surface area contributed by atoms with Gasteiger partial charge in [0, 0.05) is 11.1 Å². The van der Waals surface area contributed by atoms with Gasteiger partial charge in [0.1, 0.15) is 6.54 Å². The summed E-state index contributed by atoms with van der Waals surface area (Å²) in [5.74, 6) is -0.805. The van der Waals surface area contributed by atoms with Gasteiger partial charge in [-0.05, 0) is 36.8 Å². The number of fused-ring (bicyclic) bond motifs is 1. The monoisotopic (exact) mass is 400 g/mol. The molecule has 0 aliphatic carbocycles. The minimum Gasteiger partial charge on any atom is -0.465 e. The van der Waals surface area contributed by atoms with E-state index in [1.54, 1.807) is 23.6 Å². The second kappa shape index (κ2) is 8.79. The first-order valence-electron chi connectivity index (χ1n) is 8.33. The highest BCUT2D eigenvalue weighted by molar-refractivity contribution is 7.16. The van der Waals surface area contributed by atoms with Crippen LogP contribution in [0.3, 0.4) is 0 Å². The molecule has 5 nitrogen and oxygen atoms in total. The van der Waals surface area contributed by atoms with Crippen molar-refractivity contribution >= 4 is 51.1 Å². The molecule has 0 bridgehead atoms. The van der Waals surface area contributed by atoms with Gasteiger partial charge in [-0.25, -0.2) is 0 Å². The molecule has 27 heavy (non-hydrogen) atoms. The molecule has 0 aliphatic rings. The summed E-state index contributed by atoms with van der Waals surface area (Å²) < 4.78 is 7.66. The van der Waals surface area contributed by atoms with Gasteiger partial charge in [0.15, 0.2) is 4.80 Å². The normalized spacial score (nSPS) is 12.0. The van der Waals surface area contributed by atoms with E-state index in [2.05, 4.69) is 4.99 Å². The Kier molecular flexibility index (Phi) is 6.21. The first-order chi connectivity index (χ1) is 13.1. The van der Waals surface area contributed by atoms with Crippen molar-refractivity contribution < 1.29 is 14.3 Å². The fourth-order valence-corrected chi connectivity index (χ4v) is 3.73. The van der Waals surface area contributed by atoms with Crippen molar-refractivity contribution in [2.24, 2.45) is 4.99 Å². The van der Waals surface area contributed by atoms with E-state index in [-0.39, 0.29) is 12.5 Å². The molecule has 0 fully saturated rings. The van der Waals surface area contributed by atoms with E-state index in [4.69, 9.17) is 16.3 Å². The topological polar surface area (TPSA) is 60.7 Å². The molecule has 3 aromatic rings. The number of hydrogen-bond donors (Lipinski definition) is 0. The van der Waals surface area contributed by atoms with Crippen LogP contribution in [0.4, 0.5) is 0 Å². The van der Waals surface area contributed by atoms with Crippen LogP contribution in [-0.4, -0.2) is 23.1 Å². The molecule has 0 saturated heterocycles. The lowest BCUT2D eigenvalue weighted by atomic mass is 10.2. The van der Waals surface area contributed by atoms with Gasteiger partial charge in [0.2, 0.25) is 0 Å². The number of para-hydroxylation sites is 1. The van der Waals surface area contributed by atoms with Crippen LogP contribution in [0.1, 0.15) is 12.5 Å². The van der Waals surface area contributed by atoms with E-state index in [9.17, 15) is 9.59 Å². The number of halogens is 1. The summed E-state index contributed by atoms with van der Waals surface area (Å²) in [7, 11) is 0. The molecular formula is C20H17ClN2O3S. The number of amides is 1. The summed E-state index contributed by atoms with van der Waals surface area (Å²) in [6.45, 7) is 2.05. The van der Waals surface area contributed by atoms with Crippen LogP contribution < -0.4 is 4.80 Å². The number of carbonyl (C=O) groups is 2. The number of rotatable bonds is 5. The summed E-state index contributed by atoms with van der Waals surface area (Å²) in [6, 6.07) is 14.8. The summed E-state index contributed by atoms with van der Waals surface area (Å²) in [6.07, 6.45) is 2.98. The molecule has 1 amide bonds. The Morgan fingerprint density at radius 1 is 1.19 bits per heavy atom. The van der Waals surface area contributed by atoms with Crippen molar-refractivity contribution in [3.63, 3.8) is 0 Å². The van der Waals surface area contributed by atoms with Crippen molar-refractivity contribution in [1.29, 1.82) is 0 Å². The summed E-state index contributed by atoms with van der Waals surface area (Å²) in [5, 5.41) is 0.556. The van der Waals surface area contributed by atoms with Crippen LogP contribution in [0.15, 0.2) is 59.6 Å². The zero-order chi connectivity index (χ0) is 19.2. The zero-order valence-electron chi connectivity index (χ0n) is 14.6. The predicted molar refractivity (Wildman–Crippen MR) is 108 cm³/mol. The van der Waals surface area contributed by atoms with Crippen molar-refractivity contribution in [2.75, 3.05) is 6.61 Å². The second-order valence-electron chi connectivity index (χ2n) is 5.55. The fraction of sp³-hybridized carbons (Fsp3) is 0.150. The first-order valence-corrected chi connectivity index (χ1v) is 9.53. The second-order valence-corrected chi connectivity index (χ2v) is 6.96. The van der Waals surface area contributed by atoms with Crippen molar-refractivity contribution in [2.45, 2.75) is 13.5 Å².